The number of carbonyl (C=O) groups excluding carboxylic acids is 3. The van der Waals surface area contributed by atoms with Crippen molar-refractivity contribution in [3.63, 3.8) is 0 Å². The summed E-state index contributed by atoms with van der Waals surface area (Å²) in [7, 11) is 0. The SMILES string of the molecule is CCN(CC)C(=O)[C@H](NC(=O)c1cccs1)C1CCN(C(=O)C(C)C)CC1. The highest BCUT2D eigenvalue weighted by Gasteiger charge is 2.36. The Morgan fingerprint density at radius 2 is 1.85 bits per heavy atom. The topological polar surface area (TPSA) is 69.7 Å². The fourth-order valence-electron chi connectivity index (χ4n) is 3.55. The number of piperidine rings is 1. The van der Waals surface area contributed by atoms with E-state index >= 15 is 0 Å². The van der Waals surface area contributed by atoms with Crippen LogP contribution >= 0.6 is 11.3 Å². The molecule has 1 aliphatic rings. The number of likely N-dealkylation sites (tertiary alicyclic amines) is 1. The number of amides is 3. The second-order valence-electron chi connectivity index (χ2n) is 7.26. The number of hydrogen-bond acceptors (Lipinski definition) is 4. The van der Waals surface area contributed by atoms with Gasteiger partial charge in [0.1, 0.15) is 6.04 Å². The fourth-order valence-corrected chi connectivity index (χ4v) is 4.18. The van der Waals surface area contributed by atoms with Gasteiger partial charge in [0.25, 0.3) is 5.91 Å². The van der Waals surface area contributed by atoms with E-state index in [1.54, 1.807) is 11.0 Å². The predicted molar refractivity (Wildman–Crippen MR) is 108 cm³/mol. The standard InChI is InChI=1S/C20H31N3O3S/c1-5-22(6-2)20(26)17(21-18(24)16-8-7-13-27-16)15-9-11-23(12-10-15)19(25)14(3)4/h7-8,13-15,17H,5-6,9-12H2,1-4H3,(H,21,24)/t17-/m1/s1. The summed E-state index contributed by atoms with van der Waals surface area (Å²) in [5.74, 6) is -0.0520. The molecule has 150 valence electrons. The van der Waals surface area contributed by atoms with E-state index in [4.69, 9.17) is 0 Å². The lowest BCUT2D eigenvalue weighted by Gasteiger charge is -2.38. The molecule has 1 saturated heterocycles. The molecule has 0 aliphatic carbocycles. The van der Waals surface area contributed by atoms with E-state index < -0.39 is 6.04 Å². The van der Waals surface area contributed by atoms with Gasteiger partial charge < -0.3 is 15.1 Å². The molecule has 1 aliphatic heterocycles. The molecule has 1 aromatic rings. The lowest BCUT2D eigenvalue weighted by atomic mass is 9.88. The van der Waals surface area contributed by atoms with Gasteiger partial charge >= 0.3 is 0 Å². The van der Waals surface area contributed by atoms with Crippen molar-refractivity contribution in [2.45, 2.75) is 46.6 Å². The highest BCUT2D eigenvalue weighted by molar-refractivity contribution is 7.12. The Balaban J connectivity index is 2.11. The first-order chi connectivity index (χ1) is 12.9. The first-order valence-corrected chi connectivity index (χ1v) is 10.7. The largest absolute Gasteiger partial charge is 0.342 e. The molecule has 1 fully saturated rings. The smallest absolute Gasteiger partial charge is 0.262 e. The average Bonchev–Trinajstić information content (AvgIpc) is 3.21. The summed E-state index contributed by atoms with van der Waals surface area (Å²) < 4.78 is 0. The minimum atomic E-state index is -0.546. The molecule has 0 spiro atoms. The lowest BCUT2D eigenvalue weighted by molar-refractivity contribution is -0.137. The van der Waals surface area contributed by atoms with Crippen molar-refractivity contribution in [1.82, 2.24) is 15.1 Å². The summed E-state index contributed by atoms with van der Waals surface area (Å²) in [5, 5.41) is 4.83. The van der Waals surface area contributed by atoms with E-state index in [2.05, 4.69) is 5.32 Å². The van der Waals surface area contributed by atoms with Gasteiger partial charge in [0.05, 0.1) is 4.88 Å². The fraction of sp³-hybridized carbons (Fsp3) is 0.650. The molecule has 6 nitrogen and oxygen atoms in total. The van der Waals surface area contributed by atoms with E-state index in [1.807, 2.05) is 44.0 Å². The summed E-state index contributed by atoms with van der Waals surface area (Å²) >= 11 is 1.37. The van der Waals surface area contributed by atoms with Crippen molar-refractivity contribution >= 4 is 29.1 Å². The Bertz CT molecular complexity index is 633. The summed E-state index contributed by atoms with van der Waals surface area (Å²) in [6.07, 6.45) is 1.45. The van der Waals surface area contributed by atoms with Crippen LogP contribution in [0, 0.1) is 11.8 Å². The van der Waals surface area contributed by atoms with Gasteiger partial charge in [-0.3, -0.25) is 14.4 Å². The maximum atomic E-state index is 13.1. The van der Waals surface area contributed by atoms with E-state index in [-0.39, 0.29) is 29.6 Å². The Hall–Kier alpha value is -1.89. The third-order valence-corrected chi connectivity index (χ3v) is 6.06. The van der Waals surface area contributed by atoms with Gasteiger partial charge in [-0.05, 0) is 44.1 Å². The summed E-state index contributed by atoms with van der Waals surface area (Å²) in [6, 6.07) is 3.05. The average molecular weight is 394 g/mol. The second-order valence-corrected chi connectivity index (χ2v) is 8.20. The lowest BCUT2D eigenvalue weighted by Crippen LogP contribution is -2.55. The van der Waals surface area contributed by atoms with Crippen LogP contribution in [0.15, 0.2) is 17.5 Å². The molecule has 0 unspecified atom stereocenters. The molecular formula is C20H31N3O3S. The Labute approximate surface area is 165 Å². The van der Waals surface area contributed by atoms with Gasteiger partial charge in [-0.2, -0.15) is 0 Å². The van der Waals surface area contributed by atoms with Gasteiger partial charge in [-0.1, -0.05) is 19.9 Å². The van der Waals surface area contributed by atoms with Crippen molar-refractivity contribution in [2.24, 2.45) is 11.8 Å². The van der Waals surface area contributed by atoms with Crippen molar-refractivity contribution < 1.29 is 14.4 Å². The van der Waals surface area contributed by atoms with Gasteiger partial charge in [0.15, 0.2) is 0 Å². The zero-order chi connectivity index (χ0) is 20.0. The minimum absolute atomic E-state index is 0.0202. The maximum absolute atomic E-state index is 13.1. The molecule has 2 rings (SSSR count). The Morgan fingerprint density at radius 3 is 2.33 bits per heavy atom. The molecule has 1 N–H and O–H groups in total. The van der Waals surface area contributed by atoms with Crippen LogP contribution in [0.4, 0.5) is 0 Å². The van der Waals surface area contributed by atoms with Crippen molar-refractivity contribution in [3.8, 4) is 0 Å². The number of nitrogens with zero attached hydrogens (tertiary/aromatic N) is 2. The van der Waals surface area contributed by atoms with Gasteiger partial charge in [0, 0.05) is 32.1 Å². The molecule has 1 atom stereocenters. The van der Waals surface area contributed by atoms with E-state index in [9.17, 15) is 14.4 Å². The quantitative estimate of drug-likeness (QED) is 0.774. The highest BCUT2D eigenvalue weighted by Crippen LogP contribution is 2.24. The van der Waals surface area contributed by atoms with E-state index in [0.29, 0.717) is 31.1 Å². The van der Waals surface area contributed by atoms with Gasteiger partial charge in [-0.25, -0.2) is 0 Å². The van der Waals surface area contributed by atoms with Crippen molar-refractivity contribution in [2.75, 3.05) is 26.2 Å². The summed E-state index contributed by atoms with van der Waals surface area (Å²) in [5.41, 5.74) is 0. The molecule has 0 aromatic carbocycles. The van der Waals surface area contributed by atoms with Gasteiger partial charge in [0.2, 0.25) is 11.8 Å². The molecule has 0 saturated carbocycles. The highest BCUT2D eigenvalue weighted by atomic mass is 32.1. The number of likely N-dealkylation sites (N-methyl/N-ethyl adjacent to an activating group) is 1. The molecule has 27 heavy (non-hydrogen) atoms. The van der Waals surface area contributed by atoms with E-state index in [0.717, 1.165) is 12.8 Å². The third kappa shape index (κ3) is 5.31. The number of carbonyl (C=O) groups is 3. The molecule has 7 heteroatoms. The van der Waals surface area contributed by atoms with E-state index in [1.165, 1.54) is 11.3 Å². The molecule has 3 amide bonds. The molecule has 2 heterocycles. The monoisotopic (exact) mass is 393 g/mol. The zero-order valence-electron chi connectivity index (χ0n) is 16.7. The Morgan fingerprint density at radius 1 is 1.22 bits per heavy atom. The second kappa shape index (κ2) is 9.88. The third-order valence-electron chi connectivity index (χ3n) is 5.19. The molecule has 1 aromatic heterocycles. The minimum Gasteiger partial charge on any atom is -0.342 e. The Kier molecular flexibility index (Phi) is 7.83. The number of hydrogen-bond donors (Lipinski definition) is 1. The number of nitrogens with one attached hydrogen (secondary N) is 1. The predicted octanol–water partition coefficient (Wildman–Crippen LogP) is 2.61. The zero-order valence-corrected chi connectivity index (χ0v) is 17.6. The van der Waals surface area contributed by atoms with Crippen LogP contribution in [0.2, 0.25) is 0 Å². The van der Waals surface area contributed by atoms with Crippen molar-refractivity contribution in [3.05, 3.63) is 22.4 Å². The maximum Gasteiger partial charge on any atom is 0.262 e. The van der Waals surface area contributed by atoms with Crippen LogP contribution in [-0.4, -0.2) is 59.7 Å². The number of thiophene rings is 1. The first-order valence-electron chi connectivity index (χ1n) is 9.80. The number of rotatable bonds is 7. The summed E-state index contributed by atoms with van der Waals surface area (Å²) in [6.45, 7) is 10.2. The molecule has 0 radical (unpaired) electrons. The van der Waals surface area contributed by atoms with Crippen LogP contribution in [0.25, 0.3) is 0 Å². The van der Waals surface area contributed by atoms with Crippen LogP contribution < -0.4 is 5.32 Å². The molecule has 0 bridgehead atoms. The van der Waals surface area contributed by atoms with Crippen LogP contribution in [0.5, 0.6) is 0 Å². The van der Waals surface area contributed by atoms with Crippen LogP contribution in [0.3, 0.4) is 0 Å². The normalized spacial score (nSPS) is 16.3. The van der Waals surface area contributed by atoms with Crippen molar-refractivity contribution in [1.29, 1.82) is 0 Å². The van der Waals surface area contributed by atoms with Gasteiger partial charge in [-0.15, -0.1) is 11.3 Å². The molecular weight excluding hydrogens is 362 g/mol. The van der Waals surface area contributed by atoms with Crippen LogP contribution in [-0.2, 0) is 9.59 Å². The van der Waals surface area contributed by atoms with Crippen LogP contribution in [0.1, 0.15) is 50.2 Å². The first kappa shape index (κ1) is 21.4. The summed E-state index contributed by atoms with van der Waals surface area (Å²) in [4.78, 5) is 42.1.